The molecule has 3 aliphatic carbocycles. The Hall–Kier alpha value is -1.65. The van der Waals surface area contributed by atoms with Crippen LogP contribution in [0.15, 0.2) is 0 Å². The number of nitrogens with zero attached hydrogens (tertiary/aromatic N) is 1. The quantitative estimate of drug-likeness (QED) is 0.551. The van der Waals surface area contributed by atoms with Crippen molar-refractivity contribution in [3.63, 3.8) is 0 Å². The molecule has 5 aliphatic rings. The van der Waals surface area contributed by atoms with E-state index in [9.17, 15) is 28.3 Å². The molecule has 8 nitrogen and oxygen atoms in total. The van der Waals surface area contributed by atoms with Crippen molar-refractivity contribution in [3.8, 4) is 0 Å². The zero-order valence-electron chi connectivity index (χ0n) is 22.9. The first-order chi connectivity index (χ1) is 17.8. The Bertz CT molecular complexity index is 981. The van der Waals surface area contributed by atoms with Crippen LogP contribution in [0.5, 0.6) is 0 Å². The minimum atomic E-state index is -2.73. The van der Waals surface area contributed by atoms with Gasteiger partial charge in [-0.1, -0.05) is 20.8 Å². The number of ether oxygens (including phenoxy) is 2. The van der Waals surface area contributed by atoms with Gasteiger partial charge in [-0.3, -0.25) is 14.9 Å². The number of rotatable bonds is 5. The highest BCUT2D eigenvalue weighted by molar-refractivity contribution is 5.93. The summed E-state index contributed by atoms with van der Waals surface area (Å²) in [5, 5.41) is 14.0. The van der Waals surface area contributed by atoms with Crippen LogP contribution in [0.25, 0.3) is 0 Å². The highest BCUT2D eigenvalue weighted by Gasteiger charge is 2.69. The summed E-state index contributed by atoms with van der Waals surface area (Å²) < 4.78 is 38.3. The van der Waals surface area contributed by atoms with E-state index in [1.807, 2.05) is 20.8 Å². The maximum Gasteiger partial charge on any atom is 0.414 e. The smallest absolute Gasteiger partial charge is 0.414 e. The van der Waals surface area contributed by atoms with Crippen molar-refractivity contribution < 1.29 is 37.7 Å². The Morgan fingerprint density at radius 2 is 1.92 bits per heavy atom. The molecule has 11 atom stereocenters. The molecule has 4 bridgehead atoms. The molecule has 0 spiro atoms. The summed E-state index contributed by atoms with van der Waals surface area (Å²) in [5.41, 5.74) is -2.79. The van der Waals surface area contributed by atoms with Crippen molar-refractivity contribution in [3.05, 3.63) is 0 Å². The lowest BCUT2D eigenvalue weighted by Crippen LogP contribution is -2.65. The predicted molar refractivity (Wildman–Crippen MR) is 133 cm³/mol. The predicted octanol–water partition coefficient (Wildman–Crippen LogP) is 3.40. The third-order valence-electron chi connectivity index (χ3n) is 11.4. The number of imide groups is 1. The van der Waals surface area contributed by atoms with Gasteiger partial charge in [0.1, 0.15) is 18.5 Å². The number of carbonyl (C=O) groups excluding carboxylic acids is 3. The summed E-state index contributed by atoms with van der Waals surface area (Å²) in [4.78, 5) is 41.9. The van der Waals surface area contributed by atoms with Crippen molar-refractivity contribution in [1.29, 1.82) is 0 Å². The first-order valence-corrected chi connectivity index (χ1v) is 14.2. The third-order valence-corrected chi connectivity index (χ3v) is 11.4. The largest absolute Gasteiger partial charge is 0.445 e. The van der Waals surface area contributed by atoms with Crippen LogP contribution in [0.3, 0.4) is 0 Å². The number of nitrogens with one attached hydrogen (secondary N) is 1. The molecule has 10 heteroatoms. The molecule has 0 aromatic carbocycles. The summed E-state index contributed by atoms with van der Waals surface area (Å²) >= 11 is 0. The number of aliphatic hydroxyl groups excluding tert-OH is 1. The number of hydrogen-bond acceptors (Lipinski definition) is 7. The van der Waals surface area contributed by atoms with Gasteiger partial charge >= 0.3 is 6.09 Å². The third kappa shape index (κ3) is 4.29. The number of ketones is 1. The van der Waals surface area contributed by atoms with Crippen LogP contribution in [-0.4, -0.2) is 78.3 Å². The van der Waals surface area contributed by atoms with Crippen LogP contribution < -0.4 is 5.32 Å². The minimum absolute atomic E-state index is 0.0173. The Morgan fingerprint density at radius 3 is 2.55 bits per heavy atom. The molecule has 214 valence electrons. The van der Waals surface area contributed by atoms with Crippen LogP contribution in [0.1, 0.15) is 66.2 Å². The van der Waals surface area contributed by atoms with Crippen molar-refractivity contribution in [2.24, 2.45) is 40.4 Å². The zero-order valence-corrected chi connectivity index (χ0v) is 22.9. The van der Waals surface area contributed by atoms with Crippen LogP contribution in [0.4, 0.5) is 13.6 Å². The Kier molecular flexibility index (Phi) is 7.17. The molecular weight excluding hydrogens is 498 g/mol. The monoisotopic (exact) mass is 540 g/mol. The Balaban J connectivity index is 1.47. The van der Waals surface area contributed by atoms with Crippen LogP contribution >= 0.6 is 0 Å². The lowest BCUT2D eigenvalue weighted by molar-refractivity contribution is -0.234. The summed E-state index contributed by atoms with van der Waals surface area (Å²) in [6, 6.07) is 0. The van der Waals surface area contributed by atoms with E-state index in [0.29, 0.717) is 19.4 Å². The van der Waals surface area contributed by atoms with Gasteiger partial charge < -0.3 is 19.5 Å². The Labute approximate surface area is 223 Å². The number of fused-ring (bicyclic) bond motifs is 2. The maximum atomic E-state index is 13.5. The van der Waals surface area contributed by atoms with Gasteiger partial charge in [0.25, 0.3) is 6.43 Å². The van der Waals surface area contributed by atoms with Crippen LogP contribution in [0, 0.1) is 40.4 Å². The van der Waals surface area contributed by atoms with Gasteiger partial charge in [0.2, 0.25) is 5.91 Å². The second-order valence-corrected chi connectivity index (χ2v) is 13.2. The molecule has 3 saturated carbocycles. The molecular formula is C28H42F2N2O6. The van der Waals surface area contributed by atoms with Gasteiger partial charge in [0.05, 0.1) is 17.6 Å². The molecule has 2 N–H and O–H groups in total. The number of aliphatic hydroxyl groups is 1. The molecule has 0 radical (unpaired) electrons. The molecule has 0 aromatic rings. The Morgan fingerprint density at radius 1 is 1.18 bits per heavy atom. The number of amides is 2. The fourth-order valence-corrected chi connectivity index (χ4v) is 9.05. The van der Waals surface area contributed by atoms with E-state index in [0.717, 1.165) is 32.4 Å². The van der Waals surface area contributed by atoms with E-state index in [4.69, 9.17) is 9.47 Å². The second kappa shape index (κ2) is 9.77. The zero-order chi connectivity index (χ0) is 27.6. The van der Waals surface area contributed by atoms with Gasteiger partial charge in [-0.2, -0.15) is 0 Å². The number of alkyl halides is 2. The second-order valence-electron chi connectivity index (χ2n) is 13.2. The molecule has 2 heterocycles. The fraction of sp³-hybridized carbons (Fsp3) is 0.893. The average molecular weight is 541 g/mol. The van der Waals surface area contributed by atoms with E-state index in [1.165, 1.54) is 0 Å². The summed E-state index contributed by atoms with van der Waals surface area (Å²) in [6.45, 7) is 9.06. The number of alkyl carbamates (subject to hydrolysis) is 1. The first kappa shape index (κ1) is 27.9. The molecule has 4 unspecified atom stereocenters. The van der Waals surface area contributed by atoms with Crippen LogP contribution in [0.2, 0.25) is 0 Å². The number of hydrogen-bond donors (Lipinski definition) is 2. The van der Waals surface area contributed by atoms with Gasteiger partial charge in [-0.25, -0.2) is 13.6 Å². The summed E-state index contributed by atoms with van der Waals surface area (Å²) in [7, 11) is 0. The van der Waals surface area contributed by atoms with Crippen LogP contribution in [-0.2, 0) is 19.1 Å². The van der Waals surface area contributed by atoms with Crippen molar-refractivity contribution in [1.82, 2.24) is 10.2 Å². The molecule has 5 rings (SSSR count). The van der Waals surface area contributed by atoms with Gasteiger partial charge in [0, 0.05) is 37.3 Å². The molecule has 5 fully saturated rings. The van der Waals surface area contributed by atoms with Crippen molar-refractivity contribution in [2.45, 2.75) is 90.5 Å². The molecule has 2 aliphatic heterocycles. The molecule has 38 heavy (non-hydrogen) atoms. The minimum Gasteiger partial charge on any atom is -0.445 e. The molecule has 0 aromatic heterocycles. The van der Waals surface area contributed by atoms with E-state index >= 15 is 0 Å². The highest BCUT2D eigenvalue weighted by atomic mass is 19.3. The van der Waals surface area contributed by atoms with E-state index in [1.54, 1.807) is 6.92 Å². The van der Waals surface area contributed by atoms with Crippen molar-refractivity contribution in [2.75, 3.05) is 26.2 Å². The topological polar surface area (TPSA) is 105 Å². The maximum absolute atomic E-state index is 13.5. The van der Waals surface area contributed by atoms with E-state index in [-0.39, 0.29) is 41.8 Å². The average Bonchev–Trinajstić information content (AvgIpc) is 3.59. The van der Waals surface area contributed by atoms with E-state index < -0.39 is 53.7 Å². The SMILES string of the molecule is C[C@@H]1CCC23CCC(=O)C2[C@]1(C)[C@H](OC(=O)NC(=O)[C@H]1CN2CCC1C2)C[C@@](C)(OCC(F)F)[C@@H](O)[C@@H]3C. The summed E-state index contributed by atoms with van der Waals surface area (Å²) in [5.74, 6) is -1.17. The normalized spacial score (nSPS) is 47.9. The molecule has 2 amide bonds. The van der Waals surface area contributed by atoms with Gasteiger partial charge in [0.15, 0.2) is 0 Å². The first-order valence-electron chi connectivity index (χ1n) is 14.2. The fourth-order valence-electron chi connectivity index (χ4n) is 9.05. The number of carbonyl (C=O) groups is 3. The molecule has 2 saturated heterocycles. The lowest BCUT2D eigenvalue weighted by Gasteiger charge is -2.61. The lowest BCUT2D eigenvalue weighted by atomic mass is 9.45. The summed E-state index contributed by atoms with van der Waals surface area (Å²) in [6.07, 6.45) is -2.36. The number of piperidine rings is 1. The standard InChI is InChI=1S/C28H42F2N2O6/c1-15-5-8-28-9-6-19(33)22(28)27(15,4)20(11-26(3,23(34)16(28)2)37-14-21(29)30)38-25(36)31-24(35)18-13-32-10-7-17(18)12-32/h15-18,20-23,34H,5-14H2,1-4H3,(H,31,35,36)/t15-,16+,17?,18+,20-,22?,23+,26-,27+,28?/m1/s1. The number of Topliss-reactive ketones (excluding diaryl/α,β-unsaturated/α-hetero) is 1. The van der Waals surface area contributed by atoms with Gasteiger partial charge in [-0.15, -0.1) is 0 Å². The van der Waals surface area contributed by atoms with Gasteiger partial charge in [-0.05, 0) is 62.3 Å². The van der Waals surface area contributed by atoms with Crippen molar-refractivity contribution >= 4 is 17.8 Å². The highest BCUT2D eigenvalue weighted by Crippen LogP contribution is 2.67. The number of halogens is 2. The van der Waals surface area contributed by atoms with E-state index in [2.05, 4.69) is 10.2 Å².